The summed E-state index contributed by atoms with van der Waals surface area (Å²) in [5.41, 5.74) is 1.32. The predicted molar refractivity (Wildman–Crippen MR) is 89.3 cm³/mol. The molecule has 0 aromatic carbocycles. The first-order valence-corrected chi connectivity index (χ1v) is 8.63. The molecule has 2 unspecified atom stereocenters. The van der Waals surface area contributed by atoms with Crippen molar-refractivity contribution >= 4 is 0 Å². The van der Waals surface area contributed by atoms with Crippen LogP contribution in [-0.2, 0) is 6.54 Å². The summed E-state index contributed by atoms with van der Waals surface area (Å²) in [6, 6.07) is 5.51. The highest BCUT2D eigenvalue weighted by Crippen LogP contribution is 2.22. The van der Waals surface area contributed by atoms with Crippen LogP contribution in [0, 0.1) is 0 Å². The van der Waals surface area contributed by atoms with Gasteiger partial charge in [0.2, 0.25) is 0 Å². The van der Waals surface area contributed by atoms with Gasteiger partial charge in [-0.25, -0.2) is 0 Å². The lowest BCUT2D eigenvalue weighted by atomic mass is 9.91. The highest BCUT2D eigenvalue weighted by Gasteiger charge is 2.25. The molecule has 0 aliphatic heterocycles. The molecule has 0 spiro atoms. The lowest BCUT2D eigenvalue weighted by Gasteiger charge is -2.37. The Labute approximate surface area is 130 Å². The van der Waals surface area contributed by atoms with Gasteiger partial charge in [-0.3, -0.25) is 9.88 Å². The summed E-state index contributed by atoms with van der Waals surface area (Å²) in [6.45, 7) is 4.40. The van der Waals surface area contributed by atoms with E-state index in [1.807, 2.05) is 18.5 Å². The fourth-order valence-electron chi connectivity index (χ4n) is 3.46. The van der Waals surface area contributed by atoms with Crippen molar-refractivity contribution < 1.29 is 0 Å². The van der Waals surface area contributed by atoms with Crippen LogP contribution in [0.4, 0.5) is 0 Å². The molecule has 3 heteroatoms. The minimum Gasteiger partial charge on any atom is -0.312 e. The van der Waals surface area contributed by atoms with Crippen LogP contribution in [0.15, 0.2) is 24.5 Å². The number of nitrogens with one attached hydrogen (secondary N) is 1. The maximum atomic E-state index is 4.24. The van der Waals surface area contributed by atoms with Crippen LogP contribution in [-0.4, -0.2) is 35.6 Å². The van der Waals surface area contributed by atoms with Crippen molar-refractivity contribution in [2.45, 2.75) is 70.5 Å². The van der Waals surface area contributed by atoms with E-state index in [1.54, 1.807) is 0 Å². The molecule has 2 atom stereocenters. The van der Waals surface area contributed by atoms with Crippen molar-refractivity contribution in [1.29, 1.82) is 0 Å². The van der Waals surface area contributed by atoms with Crippen molar-refractivity contribution in [3.8, 4) is 0 Å². The summed E-state index contributed by atoms with van der Waals surface area (Å²) in [6.07, 6.45) is 13.3. The first kappa shape index (κ1) is 16.4. The van der Waals surface area contributed by atoms with Crippen LogP contribution in [0.3, 0.4) is 0 Å². The molecule has 3 nitrogen and oxygen atoms in total. The molecular weight excluding hydrogens is 258 g/mol. The number of aromatic nitrogens is 1. The Morgan fingerprint density at radius 2 is 2.05 bits per heavy atom. The van der Waals surface area contributed by atoms with Crippen molar-refractivity contribution in [2.24, 2.45) is 0 Å². The van der Waals surface area contributed by atoms with Gasteiger partial charge in [-0.1, -0.05) is 38.7 Å². The number of hydrogen-bond donors (Lipinski definition) is 1. The first-order valence-electron chi connectivity index (χ1n) is 8.63. The predicted octanol–water partition coefficient (Wildman–Crippen LogP) is 3.60. The van der Waals surface area contributed by atoms with Crippen molar-refractivity contribution in [3.63, 3.8) is 0 Å². The number of nitrogens with zero attached hydrogens (tertiary/aromatic N) is 2. The number of pyridine rings is 1. The van der Waals surface area contributed by atoms with Gasteiger partial charge in [0.1, 0.15) is 0 Å². The Kier molecular flexibility index (Phi) is 7.17. The Morgan fingerprint density at radius 3 is 2.76 bits per heavy atom. The third-order valence-electron chi connectivity index (χ3n) is 4.61. The average molecular weight is 289 g/mol. The SMILES string of the molecule is CCCNC1CCCCCCC1N(C)Cc1cccnc1. The second-order valence-electron chi connectivity index (χ2n) is 6.40. The van der Waals surface area contributed by atoms with Gasteiger partial charge in [-0.15, -0.1) is 0 Å². The molecule has 1 saturated carbocycles. The second kappa shape index (κ2) is 9.16. The van der Waals surface area contributed by atoms with Gasteiger partial charge in [-0.2, -0.15) is 0 Å². The highest BCUT2D eigenvalue weighted by molar-refractivity contribution is 5.08. The molecule has 0 saturated heterocycles. The van der Waals surface area contributed by atoms with E-state index < -0.39 is 0 Å². The van der Waals surface area contributed by atoms with Crippen LogP contribution in [0.1, 0.15) is 57.4 Å². The van der Waals surface area contributed by atoms with E-state index in [9.17, 15) is 0 Å². The number of rotatable bonds is 6. The van der Waals surface area contributed by atoms with E-state index in [-0.39, 0.29) is 0 Å². The van der Waals surface area contributed by atoms with Gasteiger partial charge in [0.25, 0.3) is 0 Å². The normalized spacial score (nSPS) is 23.8. The van der Waals surface area contributed by atoms with E-state index in [4.69, 9.17) is 0 Å². The number of hydrogen-bond acceptors (Lipinski definition) is 3. The summed E-state index contributed by atoms with van der Waals surface area (Å²) >= 11 is 0. The minimum atomic E-state index is 0.645. The maximum absolute atomic E-state index is 4.24. The highest BCUT2D eigenvalue weighted by atomic mass is 15.2. The topological polar surface area (TPSA) is 28.2 Å². The van der Waals surface area contributed by atoms with Gasteiger partial charge in [0.05, 0.1) is 0 Å². The summed E-state index contributed by atoms with van der Waals surface area (Å²) in [5.74, 6) is 0. The number of likely N-dealkylation sites (N-methyl/N-ethyl adjacent to an activating group) is 1. The molecule has 1 aromatic heterocycles. The molecule has 118 valence electrons. The molecule has 1 heterocycles. The van der Waals surface area contributed by atoms with Crippen LogP contribution >= 0.6 is 0 Å². The van der Waals surface area contributed by atoms with Gasteiger partial charge in [0.15, 0.2) is 0 Å². The molecule has 0 radical (unpaired) electrons. The van der Waals surface area contributed by atoms with Crippen LogP contribution < -0.4 is 5.32 Å². The van der Waals surface area contributed by atoms with E-state index in [1.165, 1.54) is 50.5 Å². The van der Waals surface area contributed by atoms with E-state index in [0.29, 0.717) is 12.1 Å². The molecule has 1 fully saturated rings. The third kappa shape index (κ3) is 5.40. The molecule has 21 heavy (non-hydrogen) atoms. The summed E-state index contributed by atoms with van der Waals surface area (Å²) in [4.78, 5) is 6.78. The second-order valence-corrected chi connectivity index (χ2v) is 6.40. The largest absolute Gasteiger partial charge is 0.312 e. The summed E-state index contributed by atoms with van der Waals surface area (Å²) < 4.78 is 0. The molecule has 0 amide bonds. The van der Waals surface area contributed by atoms with Gasteiger partial charge in [0, 0.05) is 31.0 Å². The molecule has 1 N–H and O–H groups in total. The molecule has 1 aromatic rings. The fourth-order valence-corrected chi connectivity index (χ4v) is 3.46. The molecule has 0 bridgehead atoms. The Bertz CT molecular complexity index is 377. The van der Waals surface area contributed by atoms with Gasteiger partial charge in [-0.05, 0) is 44.5 Å². The minimum absolute atomic E-state index is 0.645. The quantitative estimate of drug-likeness (QED) is 0.867. The summed E-state index contributed by atoms with van der Waals surface area (Å²) in [7, 11) is 2.28. The Morgan fingerprint density at radius 1 is 1.24 bits per heavy atom. The maximum Gasteiger partial charge on any atom is 0.0312 e. The molecular formula is C18H31N3. The van der Waals surface area contributed by atoms with E-state index in [0.717, 1.165) is 13.1 Å². The zero-order valence-corrected chi connectivity index (χ0v) is 13.7. The fraction of sp³-hybridized carbons (Fsp3) is 0.722. The van der Waals surface area contributed by atoms with Crippen molar-refractivity contribution in [2.75, 3.05) is 13.6 Å². The monoisotopic (exact) mass is 289 g/mol. The van der Waals surface area contributed by atoms with E-state index >= 15 is 0 Å². The zero-order valence-electron chi connectivity index (χ0n) is 13.7. The Balaban J connectivity index is 1.99. The van der Waals surface area contributed by atoms with Crippen LogP contribution in [0.2, 0.25) is 0 Å². The van der Waals surface area contributed by atoms with Gasteiger partial charge >= 0.3 is 0 Å². The van der Waals surface area contributed by atoms with Crippen molar-refractivity contribution in [1.82, 2.24) is 15.2 Å². The first-order chi connectivity index (χ1) is 10.3. The van der Waals surface area contributed by atoms with Gasteiger partial charge < -0.3 is 5.32 Å². The molecule has 2 rings (SSSR count). The lowest BCUT2D eigenvalue weighted by Crippen LogP contribution is -2.49. The van der Waals surface area contributed by atoms with Crippen molar-refractivity contribution in [3.05, 3.63) is 30.1 Å². The van der Waals surface area contributed by atoms with Crippen LogP contribution in [0.5, 0.6) is 0 Å². The standard InChI is InChI=1S/C18H31N3/c1-3-12-20-17-10-6-4-5-7-11-18(17)21(2)15-16-9-8-13-19-14-16/h8-9,13-14,17-18,20H,3-7,10-12,15H2,1-2H3. The van der Waals surface area contributed by atoms with E-state index in [2.05, 4.69) is 35.2 Å². The Hall–Kier alpha value is -0.930. The lowest BCUT2D eigenvalue weighted by molar-refractivity contribution is 0.156. The van der Waals surface area contributed by atoms with Crippen LogP contribution in [0.25, 0.3) is 0 Å². The molecule has 1 aliphatic rings. The third-order valence-corrected chi connectivity index (χ3v) is 4.61. The molecule has 1 aliphatic carbocycles. The summed E-state index contributed by atoms with van der Waals surface area (Å²) in [5, 5.41) is 3.80. The smallest absolute Gasteiger partial charge is 0.0312 e. The zero-order chi connectivity index (χ0) is 14.9. The average Bonchev–Trinajstić information content (AvgIpc) is 2.47.